The van der Waals surface area contributed by atoms with Gasteiger partial charge in [-0.05, 0) is 75.5 Å². The van der Waals surface area contributed by atoms with Crippen molar-refractivity contribution in [3.05, 3.63) is 81.6 Å². The van der Waals surface area contributed by atoms with E-state index in [9.17, 15) is 4.79 Å². The zero-order valence-corrected chi connectivity index (χ0v) is 22.6. The molecule has 2 saturated heterocycles. The fourth-order valence-corrected chi connectivity index (χ4v) is 5.66. The lowest BCUT2D eigenvalue weighted by atomic mass is 10.1. The normalized spacial score (nSPS) is 18.8. The number of ether oxygens (including phenoxy) is 1. The largest absolute Gasteiger partial charge is 0.381 e. The molecule has 5 rings (SSSR count). The molecule has 2 aliphatic heterocycles. The van der Waals surface area contributed by atoms with Gasteiger partial charge in [-0.3, -0.25) is 9.69 Å². The molecule has 3 heterocycles. The van der Waals surface area contributed by atoms with Crippen LogP contribution in [-0.4, -0.2) is 70.9 Å². The van der Waals surface area contributed by atoms with Gasteiger partial charge in [-0.15, -0.1) is 0 Å². The van der Waals surface area contributed by atoms with Crippen LogP contribution < -0.4 is 0 Å². The Hall–Kier alpha value is -2.93. The van der Waals surface area contributed by atoms with Gasteiger partial charge in [-0.1, -0.05) is 48.0 Å². The van der Waals surface area contributed by atoms with E-state index in [-0.39, 0.29) is 5.91 Å². The maximum absolute atomic E-state index is 13.6. The monoisotopic (exact) mass is 518 g/mol. The second-order valence-corrected chi connectivity index (χ2v) is 10.6. The molecule has 2 aliphatic rings. The standard InChI is InChI=1S/C30H35ClN4O2/c1-21-29(30(36)34-16-13-28(20-34)33(3)26-14-17-37-18-15-26)22(2)35(32-21)27-6-4-5-24(19-27)8-7-23-9-11-25(31)12-10-23/h4-12,19,26,28H,13-18,20H2,1-3H3/t28-/m0/s1. The smallest absolute Gasteiger partial charge is 0.257 e. The molecule has 1 amide bonds. The molecular formula is C30H35ClN4O2. The van der Waals surface area contributed by atoms with Crippen LogP contribution in [0.5, 0.6) is 0 Å². The summed E-state index contributed by atoms with van der Waals surface area (Å²) >= 11 is 6.00. The van der Waals surface area contributed by atoms with Crippen LogP contribution in [0.15, 0.2) is 48.5 Å². The Morgan fingerprint density at radius 1 is 1.03 bits per heavy atom. The number of carbonyl (C=O) groups excluding carboxylic acids is 1. The number of likely N-dealkylation sites (tertiary alicyclic amines) is 1. The van der Waals surface area contributed by atoms with Gasteiger partial charge >= 0.3 is 0 Å². The van der Waals surface area contributed by atoms with Crippen LogP contribution >= 0.6 is 11.6 Å². The van der Waals surface area contributed by atoms with Crippen molar-refractivity contribution in [2.45, 2.75) is 45.2 Å². The molecule has 0 unspecified atom stereocenters. The number of rotatable bonds is 6. The third-order valence-corrected chi connectivity index (χ3v) is 8.00. The van der Waals surface area contributed by atoms with Crippen LogP contribution in [0.1, 0.15) is 52.1 Å². The Labute approximate surface area is 224 Å². The van der Waals surface area contributed by atoms with Crippen molar-refractivity contribution in [3.63, 3.8) is 0 Å². The lowest BCUT2D eigenvalue weighted by Gasteiger charge is -2.35. The molecule has 0 radical (unpaired) electrons. The van der Waals surface area contributed by atoms with Crippen molar-refractivity contribution in [1.82, 2.24) is 19.6 Å². The van der Waals surface area contributed by atoms with Crippen molar-refractivity contribution in [2.75, 3.05) is 33.4 Å². The quantitative estimate of drug-likeness (QED) is 0.396. The van der Waals surface area contributed by atoms with Crippen molar-refractivity contribution < 1.29 is 9.53 Å². The molecule has 0 N–H and O–H groups in total. The van der Waals surface area contributed by atoms with Crippen molar-refractivity contribution in [3.8, 4) is 5.69 Å². The third-order valence-electron chi connectivity index (χ3n) is 7.75. The van der Waals surface area contributed by atoms with E-state index in [1.807, 2.05) is 59.8 Å². The van der Waals surface area contributed by atoms with Crippen LogP contribution in [-0.2, 0) is 4.74 Å². The average molecular weight is 519 g/mol. The van der Waals surface area contributed by atoms with Gasteiger partial charge in [0.15, 0.2) is 0 Å². The summed E-state index contributed by atoms with van der Waals surface area (Å²) in [7, 11) is 2.21. The molecule has 194 valence electrons. The zero-order valence-electron chi connectivity index (χ0n) is 21.9. The van der Waals surface area contributed by atoms with E-state index in [0.29, 0.717) is 12.1 Å². The lowest BCUT2D eigenvalue weighted by Crippen LogP contribution is -2.44. The molecule has 0 bridgehead atoms. The second kappa shape index (κ2) is 11.2. The Morgan fingerprint density at radius 2 is 1.76 bits per heavy atom. The summed E-state index contributed by atoms with van der Waals surface area (Å²) < 4.78 is 7.42. The molecule has 0 spiro atoms. The van der Waals surface area contributed by atoms with Gasteiger partial charge in [0.05, 0.1) is 22.6 Å². The van der Waals surface area contributed by atoms with Crippen LogP contribution in [0.4, 0.5) is 0 Å². The number of aryl methyl sites for hydroxylation is 1. The van der Waals surface area contributed by atoms with E-state index >= 15 is 0 Å². The highest BCUT2D eigenvalue weighted by atomic mass is 35.5. The highest BCUT2D eigenvalue weighted by Gasteiger charge is 2.34. The second-order valence-electron chi connectivity index (χ2n) is 10.1. The molecule has 2 aromatic carbocycles. The van der Waals surface area contributed by atoms with Crippen LogP contribution in [0, 0.1) is 13.8 Å². The molecular weight excluding hydrogens is 484 g/mol. The minimum absolute atomic E-state index is 0.0860. The Balaban J connectivity index is 1.31. The summed E-state index contributed by atoms with van der Waals surface area (Å²) in [6.45, 7) is 7.14. The van der Waals surface area contributed by atoms with E-state index in [4.69, 9.17) is 21.4 Å². The first-order valence-electron chi connectivity index (χ1n) is 13.1. The van der Waals surface area contributed by atoms with Crippen LogP contribution in [0.25, 0.3) is 17.8 Å². The summed E-state index contributed by atoms with van der Waals surface area (Å²) in [6, 6.07) is 16.9. The van der Waals surface area contributed by atoms with E-state index < -0.39 is 0 Å². The lowest BCUT2D eigenvalue weighted by molar-refractivity contribution is 0.0295. The number of aromatic nitrogens is 2. The van der Waals surface area contributed by atoms with Crippen LogP contribution in [0.2, 0.25) is 5.02 Å². The summed E-state index contributed by atoms with van der Waals surface area (Å²) in [4.78, 5) is 18.1. The predicted molar refractivity (Wildman–Crippen MR) is 149 cm³/mol. The summed E-state index contributed by atoms with van der Waals surface area (Å²) in [5.41, 5.74) is 5.45. The number of hydrogen-bond acceptors (Lipinski definition) is 4. The number of hydrogen-bond donors (Lipinski definition) is 0. The van der Waals surface area contributed by atoms with Crippen LogP contribution in [0.3, 0.4) is 0 Å². The van der Waals surface area contributed by atoms with Gasteiger partial charge in [0.25, 0.3) is 5.91 Å². The Bertz CT molecular complexity index is 1280. The first-order valence-corrected chi connectivity index (χ1v) is 13.5. The number of benzene rings is 2. The number of likely N-dealkylation sites (N-methyl/N-ethyl adjacent to an activating group) is 1. The summed E-state index contributed by atoms with van der Waals surface area (Å²) in [5, 5.41) is 5.50. The molecule has 1 atom stereocenters. The van der Waals surface area contributed by atoms with E-state index in [1.54, 1.807) is 0 Å². The minimum Gasteiger partial charge on any atom is -0.381 e. The van der Waals surface area contributed by atoms with Crippen molar-refractivity contribution in [2.24, 2.45) is 0 Å². The predicted octanol–water partition coefficient (Wildman–Crippen LogP) is 5.64. The first-order chi connectivity index (χ1) is 17.9. The summed E-state index contributed by atoms with van der Waals surface area (Å²) in [6.07, 6.45) is 7.28. The van der Waals surface area contributed by atoms with Gasteiger partial charge in [0.1, 0.15) is 0 Å². The maximum Gasteiger partial charge on any atom is 0.257 e. The summed E-state index contributed by atoms with van der Waals surface area (Å²) in [5.74, 6) is 0.0860. The molecule has 1 aromatic heterocycles. The molecule has 2 fully saturated rings. The fraction of sp³-hybridized carbons (Fsp3) is 0.400. The van der Waals surface area contributed by atoms with E-state index in [1.165, 1.54) is 0 Å². The first kappa shape index (κ1) is 25.7. The molecule has 0 aliphatic carbocycles. The highest BCUT2D eigenvalue weighted by Crippen LogP contribution is 2.26. The fourth-order valence-electron chi connectivity index (χ4n) is 5.54. The number of carbonyl (C=O) groups is 1. The molecule has 6 nitrogen and oxygen atoms in total. The van der Waals surface area contributed by atoms with Gasteiger partial charge in [-0.2, -0.15) is 5.10 Å². The minimum atomic E-state index is 0.0860. The molecule has 0 saturated carbocycles. The van der Waals surface area contributed by atoms with Gasteiger partial charge < -0.3 is 9.64 Å². The number of halogens is 1. The van der Waals surface area contributed by atoms with Crippen molar-refractivity contribution in [1.29, 1.82) is 0 Å². The maximum atomic E-state index is 13.6. The van der Waals surface area contributed by atoms with Gasteiger partial charge in [0.2, 0.25) is 0 Å². The zero-order chi connectivity index (χ0) is 25.9. The van der Waals surface area contributed by atoms with E-state index in [0.717, 1.165) is 84.4 Å². The van der Waals surface area contributed by atoms with Gasteiger partial charge in [-0.25, -0.2) is 4.68 Å². The topological polar surface area (TPSA) is 50.6 Å². The van der Waals surface area contributed by atoms with E-state index in [2.05, 4.69) is 36.2 Å². The molecule has 37 heavy (non-hydrogen) atoms. The van der Waals surface area contributed by atoms with Gasteiger partial charge in [0, 0.05) is 43.4 Å². The number of nitrogens with zero attached hydrogens (tertiary/aromatic N) is 4. The third kappa shape index (κ3) is 5.66. The molecule has 7 heteroatoms. The Kier molecular flexibility index (Phi) is 7.79. The average Bonchev–Trinajstić information content (AvgIpc) is 3.53. The molecule has 3 aromatic rings. The number of amides is 1. The van der Waals surface area contributed by atoms with Crippen molar-refractivity contribution >= 4 is 29.7 Å². The SMILES string of the molecule is Cc1nn(-c2cccc(C=Cc3ccc(Cl)cc3)c2)c(C)c1C(=O)N1CC[C@H](N(C)C2CCOCC2)C1. The Morgan fingerprint density at radius 3 is 2.51 bits per heavy atom. The highest BCUT2D eigenvalue weighted by molar-refractivity contribution is 6.30.